The van der Waals surface area contributed by atoms with Crippen LogP contribution in [0, 0.1) is 5.41 Å². The minimum atomic E-state index is -0.897. The second-order valence-electron chi connectivity index (χ2n) is 4.99. The summed E-state index contributed by atoms with van der Waals surface area (Å²) < 4.78 is 11.1. The lowest BCUT2D eigenvalue weighted by molar-refractivity contribution is 0.179. The van der Waals surface area contributed by atoms with Gasteiger partial charge in [0.2, 0.25) is 0 Å². The van der Waals surface area contributed by atoms with Crippen molar-refractivity contribution < 1.29 is 9.16 Å². The molecule has 1 unspecified atom stereocenters. The van der Waals surface area contributed by atoms with E-state index in [9.17, 15) is 0 Å². The lowest BCUT2D eigenvalue weighted by Gasteiger charge is -2.15. The Hall–Kier alpha value is 0.137. The van der Waals surface area contributed by atoms with Crippen LogP contribution in [-0.2, 0) is 9.16 Å². The predicted octanol–water partition coefficient (Wildman–Crippen LogP) is 2.15. The molecule has 1 rings (SSSR count). The Bertz CT molecular complexity index is 151. The van der Waals surface area contributed by atoms with Gasteiger partial charge < -0.3 is 9.16 Å². The number of rotatable bonds is 3. The van der Waals surface area contributed by atoms with Crippen molar-refractivity contribution in [1.29, 1.82) is 0 Å². The Balaban J connectivity index is 2.16. The van der Waals surface area contributed by atoms with Gasteiger partial charge in [-0.2, -0.15) is 0 Å². The van der Waals surface area contributed by atoms with Gasteiger partial charge in [0.1, 0.15) is 6.10 Å². The minimum absolute atomic E-state index is 0.135. The van der Waals surface area contributed by atoms with Gasteiger partial charge in [0.05, 0.1) is 0 Å². The molecule has 0 saturated carbocycles. The summed E-state index contributed by atoms with van der Waals surface area (Å²) in [4.78, 5) is 0. The molecule has 1 saturated heterocycles. The van der Waals surface area contributed by atoms with Crippen molar-refractivity contribution >= 4 is 9.04 Å². The quantitative estimate of drug-likeness (QED) is 0.500. The highest BCUT2D eigenvalue weighted by Gasteiger charge is 2.42. The summed E-state index contributed by atoms with van der Waals surface area (Å²) in [5, 5.41) is 0. The topological polar surface area (TPSA) is 21.8 Å². The minimum Gasteiger partial charge on any atom is -0.394 e. The molecule has 0 aromatic heterocycles. The zero-order valence-corrected chi connectivity index (χ0v) is 9.91. The molecule has 0 bridgehead atoms. The first-order valence-corrected chi connectivity index (χ1v) is 7.47. The van der Waals surface area contributed by atoms with E-state index in [4.69, 9.17) is 9.16 Å². The van der Waals surface area contributed by atoms with Gasteiger partial charge in [0, 0.05) is 0 Å². The molecule has 2 atom stereocenters. The number of epoxide rings is 1. The van der Waals surface area contributed by atoms with E-state index in [1.54, 1.807) is 0 Å². The molecule has 0 aromatic carbocycles. The Kier molecular flexibility index (Phi) is 2.96. The summed E-state index contributed by atoms with van der Waals surface area (Å²) in [5.74, 6) is 0. The lowest BCUT2D eigenvalue weighted by atomic mass is 9.91. The average Bonchev–Trinajstić information content (AvgIpc) is 2.40. The third kappa shape index (κ3) is 3.69. The maximum absolute atomic E-state index is 5.64. The van der Waals surface area contributed by atoms with E-state index in [1.807, 2.05) is 0 Å². The third-order valence-electron chi connectivity index (χ3n) is 1.76. The molecule has 0 aromatic rings. The van der Waals surface area contributed by atoms with Crippen molar-refractivity contribution in [3.63, 3.8) is 0 Å². The van der Waals surface area contributed by atoms with Gasteiger partial charge >= 0.3 is 0 Å². The molecule has 1 aliphatic heterocycles. The van der Waals surface area contributed by atoms with Crippen LogP contribution in [0.4, 0.5) is 0 Å². The van der Waals surface area contributed by atoms with Crippen LogP contribution < -0.4 is 0 Å². The van der Waals surface area contributed by atoms with E-state index in [0.29, 0.717) is 11.5 Å². The number of hydrogen-bond acceptors (Lipinski definition) is 2. The van der Waals surface area contributed by atoms with Crippen LogP contribution in [-0.4, -0.2) is 21.4 Å². The molecular formula is C9H20O2Si. The van der Waals surface area contributed by atoms with Crippen LogP contribution in [0.2, 0.25) is 13.1 Å². The summed E-state index contributed by atoms with van der Waals surface area (Å²) in [6.07, 6.45) is 1.62. The predicted molar refractivity (Wildman–Crippen MR) is 52.7 cm³/mol. The molecule has 3 heteroatoms. The standard InChI is InChI=1S/C9H20O2Si/c1-9(2,3)6-7-8(10-7)11-12(4)5/h7-8,12H,6H2,1-5H3/t7?,8-/m1/s1. The maximum Gasteiger partial charge on any atom is 0.174 e. The molecule has 1 aliphatic rings. The van der Waals surface area contributed by atoms with Gasteiger partial charge in [-0.1, -0.05) is 20.8 Å². The highest BCUT2D eigenvalue weighted by atomic mass is 28.3. The molecule has 0 spiro atoms. The molecule has 0 N–H and O–H groups in total. The molecule has 12 heavy (non-hydrogen) atoms. The molecule has 0 radical (unpaired) electrons. The first-order valence-electron chi connectivity index (χ1n) is 4.69. The van der Waals surface area contributed by atoms with Gasteiger partial charge in [-0.15, -0.1) is 0 Å². The lowest BCUT2D eigenvalue weighted by Crippen LogP contribution is -2.15. The van der Waals surface area contributed by atoms with E-state index >= 15 is 0 Å². The maximum atomic E-state index is 5.64. The van der Waals surface area contributed by atoms with Crippen molar-refractivity contribution in [3.8, 4) is 0 Å². The zero-order chi connectivity index (χ0) is 9.35. The Labute approximate surface area is 77.0 Å². The normalized spacial score (nSPS) is 29.5. The van der Waals surface area contributed by atoms with Gasteiger partial charge in [0.15, 0.2) is 15.3 Å². The largest absolute Gasteiger partial charge is 0.394 e. The zero-order valence-electron chi connectivity index (χ0n) is 8.76. The summed E-state index contributed by atoms with van der Waals surface area (Å²) in [6, 6.07) is 0. The molecule has 1 heterocycles. The smallest absolute Gasteiger partial charge is 0.174 e. The van der Waals surface area contributed by atoms with Gasteiger partial charge in [0.25, 0.3) is 0 Å². The summed E-state index contributed by atoms with van der Waals surface area (Å²) in [6.45, 7) is 11.1. The third-order valence-corrected chi connectivity index (χ3v) is 2.57. The van der Waals surface area contributed by atoms with Crippen LogP contribution in [0.25, 0.3) is 0 Å². The first-order chi connectivity index (χ1) is 5.38. The molecule has 0 aliphatic carbocycles. The van der Waals surface area contributed by atoms with Crippen molar-refractivity contribution in [3.05, 3.63) is 0 Å². The number of hydrogen-bond donors (Lipinski definition) is 0. The van der Waals surface area contributed by atoms with Crippen LogP contribution in [0.1, 0.15) is 27.2 Å². The van der Waals surface area contributed by atoms with Crippen molar-refractivity contribution in [2.45, 2.75) is 52.7 Å². The van der Waals surface area contributed by atoms with Crippen LogP contribution in [0.5, 0.6) is 0 Å². The van der Waals surface area contributed by atoms with E-state index in [1.165, 1.54) is 0 Å². The molecule has 0 amide bonds. The highest BCUT2D eigenvalue weighted by molar-refractivity contribution is 6.48. The average molecular weight is 188 g/mol. The van der Waals surface area contributed by atoms with Crippen molar-refractivity contribution in [2.24, 2.45) is 5.41 Å². The van der Waals surface area contributed by atoms with Crippen LogP contribution in [0.15, 0.2) is 0 Å². The fourth-order valence-corrected chi connectivity index (χ4v) is 2.04. The second kappa shape index (κ2) is 3.48. The Morgan fingerprint density at radius 3 is 2.33 bits per heavy atom. The second-order valence-corrected chi connectivity index (χ2v) is 7.36. The first kappa shape index (κ1) is 10.2. The van der Waals surface area contributed by atoms with Gasteiger partial charge in [-0.3, -0.25) is 0 Å². The van der Waals surface area contributed by atoms with E-state index in [0.717, 1.165) is 6.42 Å². The Morgan fingerprint density at radius 1 is 1.33 bits per heavy atom. The molecule has 1 fully saturated rings. The monoisotopic (exact) mass is 188 g/mol. The summed E-state index contributed by atoms with van der Waals surface area (Å²) in [7, 11) is -0.897. The van der Waals surface area contributed by atoms with Crippen LogP contribution in [0.3, 0.4) is 0 Å². The molecule has 72 valence electrons. The fraction of sp³-hybridized carbons (Fsp3) is 1.00. The fourth-order valence-electron chi connectivity index (χ4n) is 1.26. The van der Waals surface area contributed by atoms with Crippen molar-refractivity contribution in [1.82, 2.24) is 0 Å². The SMILES string of the molecule is C[SiH](C)O[C@H]1OC1CC(C)(C)C. The number of ether oxygens (including phenoxy) is 1. The van der Waals surface area contributed by atoms with Gasteiger partial charge in [-0.05, 0) is 24.9 Å². The van der Waals surface area contributed by atoms with Gasteiger partial charge in [-0.25, -0.2) is 0 Å². The van der Waals surface area contributed by atoms with E-state index in [2.05, 4.69) is 33.9 Å². The summed E-state index contributed by atoms with van der Waals surface area (Å²) >= 11 is 0. The van der Waals surface area contributed by atoms with Crippen molar-refractivity contribution in [2.75, 3.05) is 0 Å². The molecular weight excluding hydrogens is 168 g/mol. The Morgan fingerprint density at radius 2 is 1.92 bits per heavy atom. The highest BCUT2D eigenvalue weighted by Crippen LogP contribution is 2.34. The van der Waals surface area contributed by atoms with E-state index in [-0.39, 0.29) is 6.29 Å². The van der Waals surface area contributed by atoms with E-state index < -0.39 is 9.04 Å². The summed E-state index contributed by atoms with van der Waals surface area (Å²) in [5.41, 5.74) is 0.362. The van der Waals surface area contributed by atoms with Crippen LogP contribution >= 0.6 is 0 Å². The molecule has 2 nitrogen and oxygen atoms in total.